The van der Waals surface area contributed by atoms with Crippen LogP contribution in [-0.2, 0) is 6.54 Å². The fourth-order valence-corrected chi connectivity index (χ4v) is 1.74. The van der Waals surface area contributed by atoms with Gasteiger partial charge in [0.2, 0.25) is 0 Å². The highest BCUT2D eigenvalue weighted by Crippen LogP contribution is 2.21. The second-order valence-corrected chi connectivity index (χ2v) is 3.74. The topological polar surface area (TPSA) is 8.17 Å². The van der Waals surface area contributed by atoms with E-state index in [0.717, 1.165) is 6.54 Å². The molecule has 0 aliphatic rings. The van der Waals surface area contributed by atoms with Crippen LogP contribution in [0.3, 0.4) is 0 Å². The molecular formula is C12H16N2. The van der Waals surface area contributed by atoms with Crippen molar-refractivity contribution in [1.29, 1.82) is 0 Å². The number of nitrogens with zero attached hydrogens (tertiary/aromatic N) is 2. The summed E-state index contributed by atoms with van der Waals surface area (Å²) in [5, 5.41) is 1.32. The maximum Gasteiger partial charge on any atom is 0.0481 e. The van der Waals surface area contributed by atoms with Crippen LogP contribution in [0.15, 0.2) is 30.5 Å². The maximum atomic E-state index is 2.26. The van der Waals surface area contributed by atoms with Crippen LogP contribution in [0, 0.1) is 0 Å². The van der Waals surface area contributed by atoms with Gasteiger partial charge < -0.3 is 9.47 Å². The number of benzene rings is 1. The van der Waals surface area contributed by atoms with Gasteiger partial charge in [-0.05, 0) is 31.2 Å². The number of anilines is 1. The molecule has 1 aromatic carbocycles. The van der Waals surface area contributed by atoms with Gasteiger partial charge in [-0.2, -0.15) is 0 Å². The number of fused-ring (bicyclic) bond motifs is 1. The third kappa shape index (κ3) is 1.37. The Morgan fingerprint density at radius 3 is 2.64 bits per heavy atom. The van der Waals surface area contributed by atoms with Gasteiger partial charge >= 0.3 is 0 Å². The quantitative estimate of drug-likeness (QED) is 0.703. The number of aromatic nitrogens is 1. The van der Waals surface area contributed by atoms with Crippen LogP contribution in [0.1, 0.15) is 6.92 Å². The van der Waals surface area contributed by atoms with Crippen LogP contribution in [0.4, 0.5) is 5.69 Å². The van der Waals surface area contributed by atoms with Gasteiger partial charge in [0.05, 0.1) is 0 Å². The largest absolute Gasteiger partial charge is 0.378 e. The molecule has 0 amide bonds. The van der Waals surface area contributed by atoms with Crippen molar-refractivity contribution in [2.75, 3.05) is 19.0 Å². The van der Waals surface area contributed by atoms with Crippen molar-refractivity contribution >= 4 is 16.6 Å². The molecule has 1 aromatic heterocycles. The third-order valence-corrected chi connectivity index (χ3v) is 2.61. The number of aryl methyl sites for hydroxylation is 1. The summed E-state index contributed by atoms with van der Waals surface area (Å²) in [7, 11) is 4.13. The first kappa shape index (κ1) is 9.13. The first-order chi connectivity index (χ1) is 6.72. The van der Waals surface area contributed by atoms with Crippen molar-refractivity contribution < 1.29 is 0 Å². The molecule has 2 nitrogen and oxygen atoms in total. The molecule has 0 aliphatic carbocycles. The molecule has 0 aliphatic heterocycles. The zero-order chi connectivity index (χ0) is 10.1. The van der Waals surface area contributed by atoms with Gasteiger partial charge in [0.1, 0.15) is 0 Å². The van der Waals surface area contributed by atoms with E-state index in [-0.39, 0.29) is 0 Å². The molecule has 0 saturated heterocycles. The average Bonchev–Trinajstić information content (AvgIpc) is 2.59. The molecular weight excluding hydrogens is 172 g/mol. The normalized spacial score (nSPS) is 10.8. The molecule has 0 saturated carbocycles. The lowest BCUT2D eigenvalue weighted by atomic mass is 10.2. The minimum absolute atomic E-state index is 1.03. The van der Waals surface area contributed by atoms with Gasteiger partial charge in [-0.3, -0.25) is 0 Å². The van der Waals surface area contributed by atoms with Crippen LogP contribution in [0.2, 0.25) is 0 Å². The summed E-state index contributed by atoms with van der Waals surface area (Å²) in [6.45, 7) is 3.20. The minimum Gasteiger partial charge on any atom is -0.378 e. The molecule has 2 rings (SSSR count). The summed E-state index contributed by atoms with van der Waals surface area (Å²) in [6, 6.07) is 8.75. The third-order valence-electron chi connectivity index (χ3n) is 2.61. The van der Waals surface area contributed by atoms with Crippen molar-refractivity contribution in [3.05, 3.63) is 30.5 Å². The lowest BCUT2D eigenvalue weighted by molar-refractivity contribution is 0.797. The number of hydrogen-bond acceptors (Lipinski definition) is 1. The smallest absolute Gasteiger partial charge is 0.0481 e. The molecule has 74 valence electrons. The van der Waals surface area contributed by atoms with Crippen molar-refractivity contribution in [3.8, 4) is 0 Å². The Kier molecular flexibility index (Phi) is 2.20. The minimum atomic E-state index is 1.03. The second-order valence-electron chi connectivity index (χ2n) is 3.74. The zero-order valence-corrected chi connectivity index (χ0v) is 8.99. The molecule has 2 aromatic rings. The Bertz CT molecular complexity index is 441. The molecule has 0 bridgehead atoms. The Morgan fingerprint density at radius 1 is 1.21 bits per heavy atom. The molecule has 0 fully saturated rings. The lowest BCUT2D eigenvalue weighted by Crippen LogP contribution is -2.08. The van der Waals surface area contributed by atoms with Gasteiger partial charge in [-0.25, -0.2) is 0 Å². The second kappa shape index (κ2) is 3.37. The highest BCUT2D eigenvalue weighted by molar-refractivity contribution is 5.83. The van der Waals surface area contributed by atoms with Gasteiger partial charge in [0.15, 0.2) is 0 Å². The molecule has 14 heavy (non-hydrogen) atoms. The molecule has 0 N–H and O–H groups in total. The average molecular weight is 188 g/mol. The van der Waals surface area contributed by atoms with E-state index in [1.54, 1.807) is 0 Å². The van der Waals surface area contributed by atoms with Gasteiger partial charge in [-0.15, -0.1) is 0 Å². The van der Waals surface area contributed by atoms with Gasteiger partial charge in [0.25, 0.3) is 0 Å². The standard InChI is InChI=1S/C12H16N2/c1-4-14-8-7-10-9-11(13(2)3)5-6-12(10)14/h5-9H,4H2,1-3H3. The van der Waals surface area contributed by atoms with E-state index >= 15 is 0 Å². The Labute approximate surface area is 84.8 Å². The lowest BCUT2D eigenvalue weighted by Gasteiger charge is -2.12. The van der Waals surface area contributed by atoms with E-state index in [1.165, 1.54) is 16.6 Å². The molecule has 1 heterocycles. The van der Waals surface area contributed by atoms with Crippen molar-refractivity contribution in [3.63, 3.8) is 0 Å². The fourth-order valence-electron chi connectivity index (χ4n) is 1.74. The van der Waals surface area contributed by atoms with Crippen LogP contribution in [0.25, 0.3) is 10.9 Å². The Hall–Kier alpha value is -1.44. The van der Waals surface area contributed by atoms with Gasteiger partial charge in [0, 0.05) is 43.4 Å². The number of rotatable bonds is 2. The van der Waals surface area contributed by atoms with E-state index in [0.29, 0.717) is 0 Å². The molecule has 2 heteroatoms. The predicted molar refractivity (Wildman–Crippen MR) is 61.9 cm³/mol. The summed E-state index contributed by atoms with van der Waals surface area (Å²) in [6.07, 6.45) is 2.14. The first-order valence-electron chi connectivity index (χ1n) is 4.98. The van der Waals surface area contributed by atoms with Crippen LogP contribution >= 0.6 is 0 Å². The molecule has 0 spiro atoms. The van der Waals surface area contributed by atoms with E-state index < -0.39 is 0 Å². The Morgan fingerprint density at radius 2 is 2.00 bits per heavy atom. The highest BCUT2D eigenvalue weighted by Gasteiger charge is 2.01. The first-order valence-corrected chi connectivity index (χ1v) is 4.98. The van der Waals surface area contributed by atoms with Crippen LogP contribution in [-0.4, -0.2) is 18.7 Å². The van der Waals surface area contributed by atoms with Crippen LogP contribution < -0.4 is 4.90 Å². The van der Waals surface area contributed by atoms with Crippen molar-refractivity contribution in [1.82, 2.24) is 4.57 Å². The summed E-state index contributed by atoms with van der Waals surface area (Å²) >= 11 is 0. The summed E-state index contributed by atoms with van der Waals surface area (Å²) in [4.78, 5) is 2.13. The molecule has 0 atom stereocenters. The van der Waals surface area contributed by atoms with E-state index in [4.69, 9.17) is 0 Å². The SMILES string of the molecule is CCn1ccc2cc(N(C)C)ccc21. The summed E-state index contributed by atoms with van der Waals surface area (Å²) < 4.78 is 2.26. The predicted octanol–water partition coefficient (Wildman–Crippen LogP) is 2.73. The monoisotopic (exact) mass is 188 g/mol. The summed E-state index contributed by atoms with van der Waals surface area (Å²) in [5.41, 5.74) is 2.57. The van der Waals surface area contributed by atoms with E-state index in [1.807, 2.05) is 0 Å². The van der Waals surface area contributed by atoms with Gasteiger partial charge in [-0.1, -0.05) is 0 Å². The highest BCUT2D eigenvalue weighted by atomic mass is 15.1. The maximum absolute atomic E-state index is 2.26. The van der Waals surface area contributed by atoms with E-state index in [2.05, 4.69) is 60.9 Å². The fraction of sp³-hybridized carbons (Fsp3) is 0.333. The van der Waals surface area contributed by atoms with Crippen molar-refractivity contribution in [2.24, 2.45) is 0 Å². The summed E-state index contributed by atoms with van der Waals surface area (Å²) in [5.74, 6) is 0. The number of hydrogen-bond donors (Lipinski definition) is 0. The Balaban J connectivity index is 2.57. The molecule has 0 unspecified atom stereocenters. The zero-order valence-electron chi connectivity index (χ0n) is 8.99. The van der Waals surface area contributed by atoms with Crippen LogP contribution in [0.5, 0.6) is 0 Å². The van der Waals surface area contributed by atoms with Crippen molar-refractivity contribution in [2.45, 2.75) is 13.5 Å². The molecule has 0 radical (unpaired) electrons. The van der Waals surface area contributed by atoms with E-state index in [9.17, 15) is 0 Å².